The van der Waals surface area contributed by atoms with Crippen molar-refractivity contribution in [1.29, 1.82) is 0 Å². The summed E-state index contributed by atoms with van der Waals surface area (Å²) in [7, 11) is 0. The van der Waals surface area contributed by atoms with Crippen LogP contribution in [0.3, 0.4) is 0 Å². The minimum atomic E-state index is -0.426. The molecule has 3 fully saturated rings. The highest BCUT2D eigenvalue weighted by Gasteiger charge is 2.35. The fraction of sp³-hybridized carbons (Fsp3) is 1.00. The van der Waals surface area contributed by atoms with Crippen LogP contribution in [0, 0.1) is 5.92 Å². The smallest absolute Gasteiger partial charge is 0.0774 e. The molecule has 1 saturated carbocycles. The summed E-state index contributed by atoms with van der Waals surface area (Å²) in [5, 5.41) is 14.4. The van der Waals surface area contributed by atoms with Crippen LogP contribution in [0.15, 0.2) is 0 Å². The van der Waals surface area contributed by atoms with Crippen molar-refractivity contribution < 1.29 is 5.11 Å². The van der Waals surface area contributed by atoms with Crippen LogP contribution in [-0.2, 0) is 0 Å². The number of nitrogens with one attached hydrogen (secondary N) is 1. The third-order valence-corrected chi connectivity index (χ3v) is 5.61. The van der Waals surface area contributed by atoms with Crippen LogP contribution >= 0.6 is 0 Å². The number of rotatable bonds is 3. The molecule has 2 aliphatic heterocycles. The van der Waals surface area contributed by atoms with E-state index in [9.17, 15) is 5.11 Å². The molecule has 4 unspecified atom stereocenters. The monoisotopic (exact) mass is 266 g/mol. The van der Waals surface area contributed by atoms with Gasteiger partial charge in [-0.1, -0.05) is 19.8 Å². The molecule has 3 heteroatoms. The zero-order valence-electron chi connectivity index (χ0n) is 12.4. The predicted octanol–water partition coefficient (Wildman–Crippen LogP) is 2.14. The van der Waals surface area contributed by atoms with E-state index in [1.807, 2.05) is 0 Å². The van der Waals surface area contributed by atoms with E-state index in [4.69, 9.17) is 0 Å². The molecule has 3 rings (SSSR count). The Balaban J connectivity index is 1.46. The maximum Gasteiger partial charge on any atom is 0.0774 e. The standard InChI is InChI=1S/C16H30N2O/c1-13-4-2-7-16(19,11-13)12-17-14-6-9-18-8-3-5-15(18)10-14/h13-15,17,19H,2-12H2,1H3. The molecule has 0 radical (unpaired) electrons. The lowest BCUT2D eigenvalue weighted by molar-refractivity contribution is -0.0158. The summed E-state index contributed by atoms with van der Waals surface area (Å²) < 4.78 is 0. The summed E-state index contributed by atoms with van der Waals surface area (Å²) in [5.74, 6) is 0.692. The van der Waals surface area contributed by atoms with Gasteiger partial charge in [0.1, 0.15) is 0 Å². The van der Waals surface area contributed by atoms with Gasteiger partial charge in [-0.3, -0.25) is 0 Å². The molecule has 19 heavy (non-hydrogen) atoms. The van der Waals surface area contributed by atoms with Gasteiger partial charge >= 0.3 is 0 Å². The van der Waals surface area contributed by atoms with E-state index in [2.05, 4.69) is 17.1 Å². The van der Waals surface area contributed by atoms with Gasteiger partial charge < -0.3 is 15.3 Å². The van der Waals surface area contributed by atoms with Crippen LogP contribution < -0.4 is 5.32 Å². The normalized spacial score (nSPS) is 44.2. The van der Waals surface area contributed by atoms with Crippen molar-refractivity contribution in [2.24, 2.45) is 5.92 Å². The number of nitrogens with zero attached hydrogens (tertiary/aromatic N) is 1. The highest BCUT2D eigenvalue weighted by atomic mass is 16.3. The van der Waals surface area contributed by atoms with Crippen molar-refractivity contribution in [3.05, 3.63) is 0 Å². The van der Waals surface area contributed by atoms with Gasteiger partial charge in [0.15, 0.2) is 0 Å². The van der Waals surface area contributed by atoms with Gasteiger partial charge in [0.05, 0.1) is 5.60 Å². The number of fused-ring (bicyclic) bond motifs is 1. The van der Waals surface area contributed by atoms with Gasteiger partial charge in [0, 0.05) is 18.6 Å². The minimum Gasteiger partial charge on any atom is -0.389 e. The molecule has 2 N–H and O–H groups in total. The van der Waals surface area contributed by atoms with Crippen LogP contribution in [0.2, 0.25) is 0 Å². The Morgan fingerprint density at radius 1 is 1.21 bits per heavy atom. The molecule has 0 aromatic rings. The average molecular weight is 266 g/mol. The van der Waals surface area contributed by atoms with Gasteiger partial charge in [-0.05, 0) is 57.5 Å². The lowest BCUT2D eigenvalue weighted by Gasteiger charge is -2.39. The number of piperidine rings is 1. The predicted molar refractivity (Wildman–Crippen MR) is 78.2 cm³/mol. The van der Waals surface area contributed by atoms with E-state index in [1.54, 1.807) is 0 Å². The van der Waals surface area contributed by atoms with Crippen molar-refractivity contribution in [2.75, 3.05) is 19.6 Å². The molecule has 110 valence electrons. The first-order chi connectivity index (χ1) is 9.15. The van der Waals surface area contributed by atoms with Gasteiger partial charge in [0.25, 0.3) is 0 Å². The van der Waals surface area contributed by atoms with E-state index in [0.717, 1.165) is 25.4 Å². The van der Waals surface area contributed by atoms with Crippen LogP contribution in [0.25, 0.3) is 0 Å². The quantitative estimate of drug-likeness (QED) is 0.821. The Morgan fingerprint density at radius 2 is 2.11 bits per heavy atom. The highest BCUT2D eigenvalue weighted by Crippen LogP contribution is 2.32. The van der Waals surface area contributed by atoms with Crippen molar-refractivity contribution in [2.45, 2.75) is 76.0 Å². The van der Waals surface area contributed by atoms with Crippen LogP contribution in [0.1, 0.15) is 58.3 Å². The lowest BCUT2D eigenvalue weighted by Crippen LogP contribution is -2.51. The van der Waals surface area contributed by atoms with E-state index in [0.29, 0.717) is 12.0 Å². The summed E-state index contributed by atoms with van der Waals surface area (Å²) in [5.41, 5.74) is -0.426. The highest BCUT2D eigenvalue weighted by molar-refractivity contribution is 4.92. The second-order valence-corrected chi connectivity index (χ2v) is 7.36. The van der Waals surface area contributed by atoms with Gasteiger partial charge in [0.2, 0.25) is 0 Å². The van der Waals surface area contributed by atoms with E-state index >= 15 is 0 Å². The summed E-state index contributed by atoms with van der Waals surface area (Å²) in [4.78, 5) is 2.66. The summed E-state index contributed by atoms with van der Waals surface area (Å²) >= 11 is 0. The molecule has 0 aromatic heterocycles. The SMILES string of the molecule is CC1CCCC(O)(CNC2CCN3CCCC3C2)C1. The van der Waals surface area contributed by atoms with Gasteiger partial charge in [-0.15, -0.1) is 0 Å². The largest absolute Gasteiger partial charge is 0.389 e. The first-order valence-corrected chi connectivity index (χ1v) is 8.34. The molecule has 2 saturated heterocycles. The number of hydrogen-bond donors (Lipinski definition) is 2. The lowest BCUT2D eigenvalue weighted by atomic mass is 9.78. The Bertz CT molecular complexity index is 309. The molecule has 3 nitrogen and oxygen atoms in total. The van der Waals surface area contributed by atoms with Crippen LogP contribution in [-0.4, -0.2) is 47.3 Å². The molecule has 0 amide bonds. The molecule has 2 heterocycles. The fourth-order valence-electron chi connectivity index (χ4n) is 4.54. The Hall–Kier alpha value is -0.120. The molecule has 1 aliphatic carbocycles. The van der Waals surface area contributed by atoms with Crippen molar-refractivity contribution >= 4 is 0 Å². The van der Waals surface area contributed by atoms with E-state index in [-0.39, 0.29) is 0 Å². The van der Waals surface area contributed by atoms with Crippen LogP contribution in [0.5, 0.6) is 0 Å². The number of aliphatic hydroxyl groups is 1. The zero-order chi connectivity index (χ0) is 13.3. The minimum absolute atomic E-state index is 0.426. The number of hydrogen-bond acceptors (Lipinski definition) is 3. The first-order valence-electron chi connectivity index (χ1n) is 8.34. The molecular formula is C16H30N2O. The molecule has 0 bridgehead atoms. The fourth-order valence-corrected chi connectivity index (χ4v) is 4.54. The first kappa shape index (κ1) is 13.8. The molecule has 3 aliphatic rings. The van der Waals surface area contributed by atoms with Gasteiger partial charge in [-0.25, -0.2) is 0 Å². The van der Waals surface area contributed by atoms with Gasteiger partial charge in [-0.2, -0.15) is 0 Å². The molecular weight excluding hydrogens is 236 g/mol. The van der Waals surface area contributed by atoms with Crippen molar-refractivity contribution in [1.82, 2.24) is 10.2 Å². The van der Waals surface area contributed by atoms with E-state index < -0.39 is 5.60 Å². The maximum absolute atomic E-state index is 10.7. The maximum atomic E-state index is 10.7. The molecule has 4 atom stereocenters. The Labute approximate surface area is 117 Å². The summed E-state index contributed by atoms with van der Waals surface area (Å²) in [6.45, 7) is 5.67. The van der Waals surface area contributed by atoms with E-state index in [1.165, 1.54) is 51.6 Å². The third kappa shape index (κ3) is 3.32. The van der Waals surface area contributed by atoms with Crippen molar-refractivity contribution in [3.63, 3.8) is 0 Å². The second-order valence-electron chi connectivity index (χ2n) is 7.36. The third-order valence-electron chi connectivity index (χ3n) is 5.61. The topological polar surface area (TPSA) is 35.5 Å². The Morgan fingerprint density at radius 3 is 2.95 bits per heavy atom. The summed E-state index contributed by atoms with van der Waals surface area (Å²) in [6, 6.07) is 1.46. The molecule has 0 aromatic carbocycles. The second kappa shape index (κ2) is 5.71. The average Bonchev–Trinajstić information content (AvgIpc) is 2.83. The van der Waals surface area contributed by atoms with Crippen LogP contribution in [0.4, 0.5) is 0 Å². The summed E-state index contributed by atoms with van der Waals surface area (Å²) in [6.07, 6.45) is 9.81. The van der Waals surface area contributed by atoms with Crippen molar-refractivity contribution in [3.8, 4) is 0 Å². The Kier molecular flexibility index (Phi) is 4.16. The molecule has 0 spiro atoms. The zero-order valence-corrected chi connectivity index (χ0v) is 12.4.